The lowest BCUT2D eigenvalue weighted by Gasteiger charge is -2.30. The molecule has 3 rings (SSSR count). The Labute approximate surface area is 162 Å². The van der Waals surface area contributed by atoms with Crippen LogP contribution in [0, 0.1) is 5.92 Å². The summed E-state index contributed by atoms with van der Waals surface area (Å²) in [6, 6.07) is 7.34. The minimum atomic E-state index is -0.168. The van der Waals surface area contributed by atoms with Crippen LogP contribution in [0.15, 0.2) is 24.3 Å². The van der Waals surface area contributed by atoms with Crippen LogP contribution in [0.3, 0.4) is 0 Å². The maximum atomic E-state index is 12.1. The van der Waals surface area contributed by atoms with Crippen molar-refractivity contribution in [3.05, 3.63) is 24.3 Å². The first kappa shape index (κ1) is 20.0. The van der Waals surface area contributed by atoms with Crippen LogP contribution in [0.4, 0.5) is 10.5 Å². The van der Waals surface area contributed by atoms with Gasteiger partial charge in [0.05, 0.1) is 6.10 Å². The summed E-state index contributed by atoms with van der Waals surface area (Å²) in [7, 11) is 0. The molecular weight excluding hydrogens is 342 g/mol. The van der Waals surface area contributed by atoms with E-state index in [1.54, 1.807) is 0 Å². The molecule has 0 aromatic heterocycles. The van der Waals surface area contributed by atoms with Gasteiger partial charge in [-0.2, -0.15) is 0 Å². The quantitative estimate of drug-likeness (QED) is 0.683. The topological polar surface area (TPSA) is 62.8 Å². The highest BCUT2D eigenvalue weighted by Crippen LogP contribution is 2.20. The fourth-order valence-electron chi connectivity index (χ4n) is 3.59. The van der Waals surface area contributed by atoms with E-state index in [-0.39, 0.29) is 12.1 Å². The predicted octanol–water partition coefficient (Wildman–Crippen LogP) is 3.49. The van der Waals surface area contributed by atoms with Crippen molar-refractivity contribution >= 4 is 11.7 Å². The lowest BCUT2D eigenvalue weighted by atomic mass is 9.99. The molecule has 6 nitrogen and oxygen atoms in total. The van der Waals surface area contributed by atoms with E-state index >= 15 is 0 Å². The third kappa shape index (κ3) is 7.03. The smallest absolute Gasteiger partial charge is 0.319 e. The molecule has 0 spiro atoms. The van der Waals surface area contributed by atoms with Gasteiger partial charge < -0.3 is 25.0 Å². The summed E-state index contributed by atoms with van der Waals surface area (Å²) in [4.78, 5) is 14.6. The summed E-state index contributed by atoms with van der Waals surface area (Å²) in [6.45, 7) is 7.83. The number of benzene rings is 1. The van der Waals surface area contributed by atoms with E-state index in [2.05, 4.69) is 22.5 Å². The first-order valence-corrected chi connectivity index (χ1v) is 10.3. The van der Waals surface area contributed by atoms with Crippen molar-refractivity contribution in [2.45, 2.75) is 45.1 Å². The normalized spacial score (nSPS) is 21.1. The molecule has 2 saturated heterocycles. The van der Waals surface area contributed by atoms with Gasteiger partial charge in [-0.1, -0.05) is 13.0 Å². The molecule has 2 fully saturated rings. The zero-order valence-corrected chi connectivity index (χ0v) is 16.4. The Hall–Kier alpha value is -1.79. The highest BCUT2D eigenvalue weighted by atomic mass is 16.5. The van der Waals surface area contributed by atoms with Crippen LogP contribution >= 0.6 is 0 Å². The summed E-state index contributed by atoms with van der Waals surface area (Å²) < 4.78 is 11.3. The van der Waals surface area contributed by atoms with Gasteiger partial charge in [-0.05, 0) is 69.8 Å². The minimum absolute atomic E-state index is 0.168. The van der Waals surface area contributed by atoms with Crippen molar-refractivity contribution < 1.29 is 14.3 Å². The van der Waals surface area contributed by atoms with Gasteiger partial charge in [-0.3, -0.25) is 0 Å². The van der Waals surface area contributed by atoms with Crippen molar-refractivity contribution in [3.63, 3.8) is 0 Å². The monoisotopic (exact) mass is 375 g/mol. The van der Waals surface area contributed by atoms with E-state index in [4.69, 9.17) is 9.47 Å². The zero-order valence-electron chi connectivity index (χ0n) is 16.4. The lowest BCUT2D eigenvalue weighted by molar-refractivity contribution is 0.0680. The average molecular weight is 376 g/mol. The van der Waals surface area contributed by atoms with Gasteiger partial charge in [0.25, 0.3) is 0 Å². The Morgan fingerprint density at radius 2 is 2.15 bits per heavy atom. The standard InChI is InChI=1S/C21H33N3O3/c1-17-8-12-24(13-9-17)11-4-10-22-21(25)23-18-5-2-6-19(15-18)27-16-20-7-3-14-26-20/h2,5-6,15,17,20H,3-4,7-14,16H2,1H3,(H2,22,23,25). The van der Waals surface area contributed by atoms with Gasteiger partial charge in [0, 0.05) is 24.9 Å². The number of nitrogens with zero attached hydrogens (tertiary/aromatic N) is 1. The first-order valence-electron chi connectivity index (χ1n) is 10.3. The Morgan fingerprint density at radius 1 is 1.30 bits per heavy atom. The fraction of sp³-hybridized carbons (Fsp3) is 0.667. The second kappa shape index (κ2) is 10.5. The number of hydrogen-bond donors (Lipinski definition) is 2. The van der Waals surface area contributed by atoms with Crippen molar-refractivity contribution in [2.24, 2.45) is 5.92 Å². The van der Waals surface area contributed by atoms with Crippen LogP contribution in [0.1, 0.15) is 39.0 Å². The van der Waals surface area contributed by atoms with Gasteiger partial charge in [-0.25, -0.2) is 4.79 Å². The molecule has 2 N–H and O–H groups in total. The zero-order chi connectivity index (χ0) is 18.9. The molecule has 27 heavy (non-hydrogen) atoms. The van der Waals surface area contributed by atoms with Crippen LogP contribution in [0.5, 0.6) is 5.75 Å². The number of hydrogen-bond acceptors (Lipinski definition) is 4. The SMILES string of the molecule is CC1CCN(CCCNC(=O)Nc2cccc(OCC3CCCO3)c2)CC1. The molecule has 0 radical (unpaired) electrons. The summed E-state index contributed by atoms with van der Waals surface area (Å²) in [5, 5.41) is 5.82. The average Bonchev–Trinajstić information content (AvgIpc) is 3.19. The molecule has 2 heterocycles. The number of carbonyl (C=O) groups excluding carboxylic acids is 1. The maximum Gasteiger partial charge on any atom is 0.319 e. The van der Waals surface area contributed by atoms with E-state index in [1.807, 2.05) is 24.3 Å². The van der Waals surface area contributed by atoms with Crippen molar-refractivity contribution in [1.82, 2.24) is 10.2 Å². The molecule has 2 aliphatic heterocycles. The number of ether oxygens (including phenoxy) is 2. The van der Waals surface area contributed by atoms with Crippen LogP contribution in [0.2, 0.25) is 0 Å². The van der Waals surface area contributed by atoms with E-state index < -0.39 is 0 Å². The largest absolute Gasteiger partial charge is 0.491 e. The summed E-state index contributed by atoms with van der Waals surface area (Å²) in [5.74, 6) is 1.61. The predicted molar refractivity (Wildman–Crippen MR) is 107 cm³/mol. The molecule has 1 aromatic rings. The van der Waals surface area contributed by atoms with E-state index in [0.717, 1.165) is 49.8 Å². The van der Waals surface area contributed by atoms with E-state index in [1.165, 1.54) is 25.9 Å². The number of nitrogens with one attached hydrogen (secondary N) is 2. The van der Waals surface area contributed by atoms with Crippen LogP contribution in [-0.2, 0) is 4.74 Å². The van der Waals surface area contributed by atoms with Crippen molar-refractivity contribution in [3.8, 4) is 5.75 Å². The van der Waals surface area contributed by atoms with Gasteiger partial charge in [0.15, 0.2) is 0 Å². The third-order valence-electron chi connectivity index (χ3n) is 5.36. The lowest BCUT2D eigenvalue weighted by Crippen LogP contribution is -2.36. The van der Waals surface area contributed by atoms with Gasteiger partial charge in [0.1, 0.15) is 12.4 Å². The molecule has 0 bridgehead atoms. The molecule has 1 atom stereocenters. The van der Waals surface area contributed by atoms with Crippen LogP contribution in [0.25, 0.3) is 0 Å². The summed E-state index contributed by atoms with van der Waals surface area (Å²) in [6.07, 6.45) is 5.90. The number of carbonyl (C=O) groups is 1. The number of piperidine rings is 1. The second-order valence-electron chi connectivity index (χ2n) is 7.73. The molecule has 0 aliphatic carbocycles. The molecular formula is C21H33N3O3. The Bertz CT molecular complexity index is 582. The molecule has 2 aliphatic rings. The van der Waals surface area contributed by atoms with Gasteiger partial charge in [-0.15, -0.1) is 0 Å². The third-order valence-corrected chi connectivity index (χ3v) is 5.36. The van der Waals surface area contributed by atoms with Crippen LogP contribution in [-0.4, -0.2) is 56.4 Å². The first-order chi connectivity index (χ1) is 13.2. The van der Waals surface area contributed by atoms with E-state index in [0.29, 0.717) is 13.2 Å². The fourth-order valence-corrected chi connectivity index (χ4v) is 3.59. The second-order valence-corrected chi connectivity index (χ2v) is 7.73. The molecule has 0 saturated carbocycles. The molecule has 150 valence electrons. The highest BCUT2D eigenvalue weighted by molar-refractivity contribution is 5.89. The van der Waals surface area contributed by atoms with Crippen LogP contribution < -0.4 is 15.4 Å². The summed E-state index contributed by atoms with van der Waals surface area (Å²) in [5.41, 5.74) is 0.738. The molecule has 1 unspecified atom stereocenters. The number of anilines is 1. The number of likely N-dealkylation sites (tertiary alicyclic amines) is 1. The molecule has 1 aromatic carbocycles. The van der Waals surface area contributed by atoms with Gasteiger partial charge in [0.2, 0.25) is 0 Å². The number of rotatable bonds is 8. The summed E-state index contributed by atoms with van der Waals surface area (Å²) >= 11 is 0. The van der Waals surface area contributed by atoms with E-state index in [9.17, 15) is 4.79 Å². The highest BCUT2D eigenvalue weighted by Gasteiger charge is 2.16. The Balaban J connectivity index is 1.32. The van der Waals surface area contributed by atoms with Gasteiger partial charge >= 0.3 is 6.03 Å². The van der Waals surface area contributed by atoms with Crippen molar-refractivity contribution in [2.75, 3.05) is 44.7 Å². The maximum absolute atomic E-state index is 12.1. The minimum Gasteiger partial charge on any atom is -0.491 e. The van der Waals surface area contributed by atoms with Crippen molar-refractivity contribution in [1.29, 1.82) is 0 Å². The number of amides is 2. The molecule has 6 heteroatoms. The number of urea groups is 1. The Morgan fingerprint density at radius 3 is 2.93 bits per heavy atom. The molecule has 2 amide bonds. The Kier molecular flexibility index (Phi) is 7.78.